The number of aromatic nitrogens is 5. The van der Waals surface area contributed by atoms with Crippen LogP contribution in [0, 0.1) is 5.82 Å². The molecule has 0 radical (unpaired) electrons. The van der Waals surface area contributed by atoms with Gasteiger partial charge in [0.25, 0.3) is 0 Å². The van der Waals surface area contributed by atoms with Gasteiger partial charge >= 0.3 is 0 Å². The first-order valence-corrected chi connectivity index (χ1v) is 9.77. The number of rotatable bonds is 4. The maximum Gasteiger partial charge on any atom is 0.212 e. The predicted octanol–water partition coefficient (Wildman–Crippen LogP) is 5.01. The summed E-state index contributed by atoms with van der Waals surface area (Å²) in [4.78, 5) is 19.0. The molecule has 1 aliphatic rings. The molecule has 0 aliphatic heterocycles. The molecule has 5 rings (SSSR count). The molecule has 0 saturated heterocycles. The zero-order chi connectivity index (χ0) is 21.5. The average molecular weight is 433 g/mol. The maximum absolute atomic E-state index is 15.0. The van der Waals surface area contributed by atoms with E-state index in [4.69, 9.17) is 11.6 Å². The summed E-state index contributed by atoms with van der Waals surface area (Å²) in [6.45, 7) is 2.50. The van der Waals surface area contributed by atoms with Gasteiger partial charge in [0.1, 0.15) is 5.67 Å². The minimum Gasteiger partial charge on any atom is -0.312 e. The van der Waals surface area contributed by atoms with Crippen LogP contribution in [0.5, 0.6) is 0 Å². The number of nitrogens with zero attached hydrogens (tertiary/aromatic N) is 4. The van der Waals surface area contributed by atoms with Crippen LogP contribution in [0.1, 0.15) is 38.7 Å². The zero-order valence-corrected chi connectivity index (χ0v) is 17.1. The van der Waals surface area contributed by atoms with Crippen molar-refractivity contribution in [1.29, 1.82) is 0 Å². The molecule has 0 bridgehead atoms. The summed E-state index contributed by atoms with van der Waals surface area (Å²) in [6.07, 6.45) is 11.1. The quantitative estimate of drug-likeness (QED) is 0.444. The van der Waals surface area contributed by atoms with Crippen LogP contribution < -0.4 is 5.32 Å². The van der Waals surface area contributed by atoms with Crippen molar-refractivity contribution in [3.05, 3.63) is 41.2 Å². The van der Waals surface area contributed by atoms with E-state index in [9.17, 15) is 13.6 Å². The number of nitrogens with one attached hydrogen (secondary N) is 2. The van der Waals surface area contributed by atoms with Gasteiger partial charge in [-0.25, -0.2) is 13.8 Å². The van der Waals surface area contributed by atoms with Crippen LogP contribution in [0.2, 0.25) is 5.02 Å². The van der Waals surface area contributed by atoms with Gasteiger partial charge < -0.3 is 9.72 Å². The third-order valence-corrected chi connectivity index (χ3v) is 4.90. The Hall–Kier alpha value is -3.07. The highest BCUT2D eigenvalue weighted by molar-refractivity contribution is 6.35. The molecular formula is C20H19ClF2N6O. The van der Waals surface area contributed by atoms with E-state index in [-0.39, 0.29) is 21.7 Å². The second kappa shape index (κ2) is 7.64. The lowest BCUT2D eigenvalue weighted by Crippen LogP contribution is -2.13. The molecule has 7 nitrogen and oxygen atoms in total. The standard InChI is InChI=1S/C17H13ClF2N6O.C3H6/c1-17(2,20)13-15(19)14(18)12(8-3-23-25-16(8)13)9-5-26-6-10(22-7-27)24-11(26)4-21-9;1-2-3-1/h3-7H,1-2H3,(H,22,27)(H,23,25);1-3H2. The van der Waals surface area contributed by atoms with Gasteiger partial charge in [0.05, 0.1) is 40.4 Å². The third-order valence-electron chi connectivity index (χ3n) is 4.54. The second-order valence-electron chi connectivity index (χ2n) is 7.50. The SMILES string of the molecule is C1CC1.CC(C)(F)c1c(F)c(Cl)c(-c2cn3cc(NC=O)nc3cn2)c2cn[nH]c12. The van der Waals surface area contributed by atoms with E-state index in [1.807, 2.05) is 0 Å². The van der Waals surface area contributed by atoms with Crippen LogP contribution in [-0.4, -0.2) is 31.0 Å². The van der Waals surface area contributed by atoms with Gasteiger partial charge in [-0.15, -0.1) is 0 Å². The Kier molecular flexibility index (Phi) is 5.15. The summed E-state index contributed by atoms with van der Waals surface area (Å²) in [5.74, 6) is -0.532. The minimum absolute atomic E-state index is 0.190. The largest absolute Gasteiger partial charge is 0.312 e. The number of fused-ring (bicyclic) bond motifs is 2. The molecule has 1 aliphatic carbocycles. The van der Waals surface area contributed by atoms with E-state index < -0.39 is 11.5 Å². The van der Waals surface area contributed by atoms with Gasteiger partial charge in [0, 0.05) is 17.1 Å². The van der Waals surface area contributed by atoms with Crippen molar-refractivity contribution in [2.24, 2.45) is 0 Å². The van der Waals surface area contributed by atoms with Crippen LogP contribution in [-0.2, 0) is 10.5 Å². The van der Waals surface area contributed by atoms with Crippen molar-refractivity contribution < 1.29 is 13.6 Å². The molecule has 3 heterocycles. The van der Waals surface area contributed by atoms with Crippen LogP contribution >= 0.6 is 11.6 Å². The van der Waals surface area contributed by atoms with E-state index in [0.29, 0.717) is 29.0 Å². The summed E-state index contributed by atoms with van der Waals surface area (Å²) < 4.78 is 31.1. The molecule has 30 heavy (non-hydrogen) atoms. The first kappa shape index (κ1) is 20.2. The molecule has 0 atom stereocenters. The number of halogens is 3. The molecule has 1 amide bonds. The Morgan fingerprint density at radius 2 is 2.00 bits per heavy atom. The Balaban J connectivity index is 0.000000667. The number of amides is 1. The molecule has 2 N–H and O–H groups in total. The van der Waals surface area contributed by atoms with Crippen LogP contribution in [0.15, 0.2) is 24.8 Å². The molecule has 3 aromatic heterocycles. The molecule has 10 heteroatoms. The fourth-order valence-electron chi connectivity index (χ4n) is 3.08. The normalized spacial score (nSPS) is 13.2. The van der Waals surface area contributed by atoms with Crippen LogP contribution in [0.3, 0.4) is 0 Å². The summed E-state index contributed by atoms with van der Waals surface area (Å²) >= 11 is 6.27. The fraction of sp³-hybridized carbons (Fsp3) is 0.300. The first-order valence-electron chi connectivity index (χ1n) is 9.40. The molecule has 1 fully saturated rings. The van der Waals surface area contributed by atoms with Crippen LogP contribution in [0.4, 0.5) is 14.6 Å². The molecule has 0 unspecified atom stereocenters. The van der Waals surface area contributed by atoms with Gasteiger partial charge in [0.15, 0.2) is 17.3 Å². The maximum atomic E-state index is 15.0. The Morgan fingerprint density at radius 1 is 1.27 bits per heavy atom. The van der Waals surface area contributed by atoms with E-state index in [0.717, 1.165) is 0 Å². The molecule has 4 aromatic rings. The lowest BCUT2D eigenvalue weighted by molar-refractivity contribution is -0.105. The van der Waals surface area contributed by atoms with Crippen molar-refractivity contribution in [1.82, 2.24) is 24.6 Å². The number of alkyl halides is 1. The van der Waals surface area contributed by atoms with E-state index in [1.165, 1.54) is 45.5 Å². The minimum atomic E-state index is -1.96. The van der Waals surface area contributed by atoms with Crippen molar-refractivity contribution in [3.63, 3.8) is 0 Å². The van der Waals surface area contributed by atoms with Crippen molar-refractivity contribution >= 4 is 40.4 Å². The Morgan fingerprint density at radius 3 is 2.63 bits per heavy atom. The number of H-pyrrole nitrogens is 1. The molecule has 156 valence electrons. The topological polar surface area (TPSA) is 88.0 Å². The summed E-state index contributed by atoms with van der Waals surface area (Å²) in [7, 11) is 0. The van der Waals surface area contributed by atoms with Crippen molar-refractivity contribution in [2.75, 3.05) is 5.32 Å². The Bertz CT molecular complexity index is 1240. The smallest absolute Gasteiger partial charge is 0.212 e. The van der Waals surface area contributed by atoms with Gasteiger partial charge in [-0.05, 0) is 13.8 Å². The number of carbonyl (C=O) groups excluding carboxylic acids is 1. The number of benzene rings is 1. The summed E-state index contributed by atoms with van der Waals surface area (Å²) in [5, 5.41) is 9.21. The number of imidazole rings is 1. The van der Waals surface area contributed by atoms with Gasteiger partial charge in [-0.2, -0.15) is 5.10 Å². The number of hydrogen-bond donors (Lipinski definition) is 2. The highest BCUT2D eigenvalue weighted by Crippen LogP contribution is 2.42. The van der Waals surface area contributed by atoms with E-state index >= 15 is 0 Å². The van der Waals surface area contributed by atoms with E-state index in [1.54, 1.807) is 16.8 Å². The number of anilines is 1. The lowest BCUT2D eigenvalue weighted by atomic mass is 9.94. The van der Waals surface area contributed by atoms with Crippen LogP contribution in [0.25, 0.3) is 27.8 Å². The van der Waals surface area contributed by atoms with Crippen molar-refractivity contribution in [2.45, 2.75) is 38.8 Å². The number of carbonyl (C=O) groups is 1. The third kappa shape index (κ3) is 3.72. The summed E-state index contributed by atoms with van der Waals surface area (Å²) in [6, 6.07) is 0. The molecule has 1 aromatic carbocycles. The van der Waals surface area contributed by atoms with E-state index in [2.05, 4.69) is 25.5 Å². The highest BCUT2D eigenvalue weighted by atomic mass is 35.5. The average Bonchev–Trinajstić information content (AvgIpc) is 3.40. The molecule has 0 spiro atoms. The highest BCUT2D eigenvalue weighted by Gasteiger charge is 2.31. The molecule has 1 saturated carbocycles. The van der Waals surface area contributed by atoms with Gasteiger partial charge in [0.2, 0.25) is 6.41 Å². The van der Waals surface area contributed by atoms with Gasteiger partial charge in [-0.1, -0.05) is 30.9 Å². The number of aromatic amines is 1. The monoisotopic (exact) mass is 432 g/mol. The summed E-state index contributed by atoms with van der Waals surface area (Å²) in [5.41, 5.74) is -0.832. The predicted molar refractivity (Wildman–Crippen MR) is 111 cm³/mol. The Labute approximate surface area is 175 Å². The van der Waals surface area contributed by atoms with Crippen molar-refractivity contribution in [3.8, 4) is 11.3 Å². The zero-order valence-electron chi connectivity index (χ0n) is 16.3. The number of hydrogen-bond acceptors (Lipinski definition) is 4. The second-order valence-corrected chi connectivity index (χ2v) is 7.87. The van der Waals surface area contributed by atoms with Gasteiger partial charge in [-0.3, -0.25) is 14.9 Å². The molecular weight excluding hydrogens is 414 g/mol. The fourth-order valence-corrected chi connectivity index (χ4v) is 3.37. The first-order chi connectivity index (χ1) is 14.3. The lowest BCUT2D eigenvalue weighted by Gasteiger charge is -2.19.